The number of hydrogen-bond acceptors (Lipinski definition) is 4. The quantitative estimate of drug-likeness (QED) is 0.721. The van der Waals surface area contributed by atoms with E-state index in [1.807, 2.05) is 31.2 Å². The van der Waals surface area contributed by atoms with E-state index in [0.29, 0.717) is 5.56 Å². The summed E-state index contributed by atoms with van der Waals surface area (Å²) in [5.41, 5.74) is 2.19. The second-order valence-electron chi connectivity index (χ2n) is 5.86. The Morgan fingerprint density at radius 3 is 2.19 bits per heavy atom. The molecule has 1 heterocycles. The van der Waals surface area contributed by atoms with Crippen LogP contribution in [0.15, 0.2) is 70.0 Å². The molecule has 26 heavy (non-hydrogen) atoms. The van der Waals surface area contributed by atoms with Crippen molar-refractivity contribution in [3.05, 3.63) is 77.6 Å². The summed E-state index contributed by atoms with van der Waals surface area (Å²) >= 11 is 0. The van der Waals surface area contributed by atoms with Crippen molar-refractivity contribution in [2.45, 2.75) is 18.4 Å². The van der Waals surface area contributed by atoms with Crippen LogP contribution < -0.4 is 10.5 Å². The van der Waals surface area contributed by atoms with E-state index < -0.39 is 10.0 Å². The zero-order valence-corrected chi connectivity index (χ0v) is 14.9. The number of furan rings is 1. The topological polar surface area (TPSA) is 102 Å². The highest BCUT2D eigenvalue weighted by molar-refractivity contribution is 7.89. The fourth-order valence-electron chi connectivity index (χ4n) is 2.46. The largest absolute Gasteiger partial charge is 0.461 e. The van der Waals surface area contributed by atoms with Crippen molar-refractivity contribution >= 4 is 15.9 Å². The molecule has 0 fully saturated rings. The molecule has 0 aliphatic carbocycles. The molecular formula is C19H18N2O4S. The van der Waals surface area contributed by atoms with E-state index in [1.54, 1.807) is 24.3 Å². The summed E-state index contributed by atoms with van der Waals surface area (Å²) in [4.78, 5) is 12.3. The Kier molecular flexibility index (Phi) is 4.92. The Morgan fingerprint density at radius 1 is 1.00 bits per heavy atom. The van der Waals surface area contributed by atoms with Gasteiger partial charge in [-0.15, -0.1) is 0 Å². The molecule has 134 valence electrons. The molecule has 0 atom stereocenters. The van der Waals surface area contributed by atoms with Crippen LogP contribution >= 0.6 is 0 Å². The third kappa shape index (κ3) is 4.19. The SMILES string of the molecule is Cc1ccc(-c2ccc(C(=O)NCc3ccc(S(N)(=O)=O)cc3)cc2)o1. The van der Waals surface area contributed by atoms with E-state index >= 15 is 0 Å². The van der Waals surface area contributed by atoms with Gasteiger partial charge in [0, 0.05) is 17.7 Å². The number of sulfonamides is 1. The lowest BCUT2D eigenvalue weighted by atomic mass is 10.1. The minimum absolute atomic E-state index is 0.0383. The molecule has 0 aliphatic heterocycles. The first kappa shape index (κ1) is 17.9. The maximum absolute atomic E-state index is 12.2. The number of rotatable bonds is 5. The predicted molar refractivity (Wildman–Crippen MR) is 97.9 cm³/mol. The molecule has 1 aromatic heterocycles. The first-order valence-corrected chi connectivity index (χ1v) is 9.44. The molecule has 0 bridgehead atoms. The minimum atomic E-state index is -3.71. The maximum Gasteiger partial charge on any atom is 0.251 e. The molecule has 3 aromatic rings. The Labute approximate surface area is 151 Å². The van der Waals surface area contributed by atoms with Crippen molar-refractivity contribution in [1.82, 2.24) is 5.32 Å². The van der Waals surface area contributed by atoms with Gasteiger partial charge in [-0.25, -0.2) is 13.6 Å². The molecule has 0 saturated carbocycles. The maximum atomic E-state index is 12.2. The lowest BCUT2D eigenvalue weighted by Gasteiger charge is -2.07. The highest BCUT2D eigenvalue weighted by atomic mass is 32.2. The molecule has 7 heteroatoms. The zero-order valence-electron chi connectivity index (χ0n) is 14.1. The van der Waals surface area contributed by atoms with Crippen molar-refractivity contribution in [2.75, 3.05) is 0 Å². The molecule has 0 spiro atoms. The van der Waals surface area contributed by atoms with Crippen molar-refractivity contribution in [3.63, 3.8) is 0 Å². The number of hydrogen-bond donors (Lipinski definition) is 2. The monoisotopic (exact) mass is 370 g/mol. The number of primary sulfonamides is 1. The molecule has 6 nitrogen and oxygen atoms in total. The van der Waals surface area contributed by atoms with Gasteiger partial charge in [-0.2, -0.15) is 0 Å². The Hall–Kier alpha value is -2.90. The van der Waals surface area contributed by atoms with Crippen LogP contribution in [-0.2, 0) is 16.6 Å². The second-order valence-corrected chi connectivity index (χ2v) is 7.42. The molecular weight excluding hydrogens is 352 g/mol. The van der Waals surface area contributed by atoms with Crippen LogP contribution in [-0.4, -0.2) is 14.3 Å². The highest BCUT2D eigenvalue weighted by Crippen LogP contribution is 2.22. The smallest absolute Gasteiger partial charge is 0.251 e. The van der Waals surface area contributed by atoms with E-state index in [0.717, 1.165) is 22.6 Å². The van der Waals surface area contributed by atoms with Gasteiger partial charge in [-0.1, -0.05) is 24.3 Å². The fraction of sp³-hybridized carbons (Fsp3) is 0.105. The summed E-state index contributed by atoms with van der Waals surface area (Å²) in [6.07, 6.45) is 0. The van der Waals surface area contributed by atoms with Gasteiger partial charge in [0.05, 0.1) is 4.90 Å². The van der Waals surface area contributed by atoms with Crippen molar-refractivity contribution in [3.8, 4) is 11.3 Å². The van der Waals surface area contributed by atoms with Crippen LogP contribution in [0.1, 0.15) is 21.7 Å². The van der Waals surface area contributed by atoms with Crippen LogP contribution in [0.3, 0.4) is 0 Å². The molecule has 2 aromatic carbocycles. The molecule has 1 amide bonds. The summed E-state index contributed by atoms with van der Waals surface area (Å²) in [6, 6.07) is 16.9. The first-order valence-electron chi connectivity index (χ1n) is 7.90. The fourth-order valence-corrected chi connectivity index (χ4v) is 2.97. The Balaban J connectivity index is 1.63. The van der Waals surface area contributed by atoms with Gasteiger partial charge in [0.15, 0.2) is 0 Å². The number of carbonyl (C=O) groups is 1. The number of benzene rings is 2. The molecule has 3 rings (SSSR count). The van der Waals surface area contributed by atoms with E-state index in [2.05, 4.69) is 5.32 Å². The van der Waals surface area contributed by atoms with Gasteiger partial charge in [-0.3, -0.25) is 4.79 Å². The summed E-state index contributed by atoms with van der Waals surface area (Å²) in [7, 11) is -3.71. The normalized spacial score (nSPS) is 11.3. The number of nitrogens with one attached hydrogen (secondary N) is 1. The van der Waals surface area contributed by atoms with Crippen LogP contribution in [0.2, 0.25) is 0 Å². The number of nitrogens with two attached hydrogens (primary N) is 1. The van der Waals surface area contributed by atoms with Gasteiger partial charge in [0.2, 0.25) is 10.0 Å². The van der Waals surface area contributed by atoms with E-state index in [1.165, 1.54) is 12.1 Å². The third-order valence-corrected chi connectivity index (χ3v) is 4.81. The van der Waals surface area contributed by atoms with Crippen molar-refractivity contribution in [1.29, 1.82) is 0 Å². The zero-order chi connectivity index (χ0) is 18.7. The van der Waals surface area contributed by atoms with Crippen LogP contribution in [0.4, 0.5) is 0 Å². The van der Waals surface area contributed by atoms with E-state index in [4.69, 9.17) is 9.56 Å². The number of aryl methyl sites for hydroxylation is 1. The predicted octanol–water partition coefficient (Wildman–Crippen LogP) is 2.83. The van der Waals surface area contributed by atoms with Gasteiger partial charge in [0.1, 0.15) is 11.5 Å². The summed E-state index contributed by atoms with van der Waals surface area (Å²) < 4.78 is 28.0. The average Bonchev–Trinajstić information content (AvgIpc) is 3.06. The average molecular weight is 370 g/mol. The second kappa shape index (κ2) is 7.15. The van der Waals surface area contributed by atoms with Crippen LogP contribution in [0.5, 0.6) is 0 Å². The minimum Gasteiger partial charge on any atom is -0.461 e. The third-order valence-electron chi connectivity index (χ3n) is 3.88. The van der Waals surface area contributed by atoms with Gasteiger partial charge < -0.3 is 9.73 Å². The Bertz CT molecular complexity index is 1020. The van der Waals surface area contributed by atoms with Gasteiger partial charge in [0.25, 0.3) is 5.91 Å². The highest BCUT2D eigenvalue weighted by Gasteiger charge is 2.09. The number of carbonyl (C=O) groups excluding carboxylic acids is 1. The molecule has 3 N–H and O–H groups in total. The molecule has 0 saturated heterocycles. The van der Waals surface area contributed by atoms with Crippen LogP contribution in [0.25, 0.3) is 11.3 Å². The van der Waals surface area contributed by atoms with E-state index in [-0.39, 0.29) is 17.3 Å². The van der Waals surface area contributed by atoms with Gasteiger partial charge >= 0.3 is 0 Å². The molecule has 0 unspecified atom stereocenters. The van der Waals surface area contributed by atoms with Crippen LogP contribution in [0, 0.1) is 6.92 Å². The molecule has 0 radical (unpaired) electrons. The Morgan fingerprint density at radius 2 is 1.65 bits per heavy atom. The standard InChI is InChI=1S/C19H18N2O4S/c1-13-2-11-18(25-13)15-5-7-16(8-6-15)19(22)21-12-14-3-9-17(10-4-14)26(20,23)24/h2-11H,12H2,1H3,(H,21,22)(H2,20,23,24). The molecule has 0 aliphatic rings. The van der Waals surface area contributed by atoms with Crippen molar-refractivity contribution < 1.29 is 17.6 Å². The lowest BCUT2D eigenvalue weighted by Crippen LogP contribution is -2.22. The summed E-state index contributed by atoms with van der Waals surface area (Å²) in [5, 5.41) is 7.85. The summed E-state index contributed by atoms with van der Waals surface area (Å²) in [6.45, 7) is 2.16. The number of amides is 1. The van der Waals surface area contributed by atoms with Gasteiger partial charge in [-0.05, 0) is 48.9 Å². The van der Waals surface area contributed by atoms with Crippen molar-refractivity contribution in [2.24, 2.45) is 5.14 Å². The lowest BCUT2D eigenvalue weighted by molar-refractivity contribution is 0.0951. The summed E-state index contributed by atoms with van der Waals surface area (Å²) in [5.74, 6) is 1.36. The first-order chi connectivity index (χ1) is 12.3. The van der Waals surface area contributed by atoms with E-state index in [9.17, 15) is 13.2 Å².